The number of anilines is 1. The predicted molar refractivity (Wildman–Crippen MR) is 121 cm³/mol. The molecule has 0 spiro atoms. The number of halogens is 3. The van der Waals surface area contributed by atoms with Gasteiger partial charge in [0.25, 0.3) is 11.7 Å². The maximum Gasteiger partial charge on any atom is 0.300 e. The molecule has 2 heterocycles. The Morgan fingerprint density at radius 3 is 2.50 bits per heavy atom. The zero-order chi connectivity index (χ0) is 23.0. The highest BCUT2D eigenvalue weighted by atomic mass is 79.9. The number of carbonyl (C=O) groups excluding carboxylic acids is 2. The van der Waals surface area contributed by atoms with Crippen molar-refractivity contribution >= 4 is 50.7 Å². The maximum absolute atomic E-state index is 13.7. The summed E-state index contributed by atoms with van der Waals surface area (Å²) in [6, 6.07) is 10.8. The number of aliphatic hydroxyl groups excluding tert-OH is 1. The summed E-state index contributed by atoms with van der Waals surface area (Å²) in [4.78, 5) is 31.3. The van der Waals surface area contributed by atoms with Crippen LogP contribution in [-0.2, 0) is 9.59 Å². The number of ketones is 1. The molecule has 1 aliphatic rings. The number of rotatable bonds is 4. The molecule has 1 fully saturated rings. The van der Waals surface area contributed by atoms with E-state index in [4.69, 9.17) is 16.3 Å². The average Bonchev–Trinajstić information content (AvgIpc) is 3.06. The number of benzene rings is 2. The van der Waals surface area contributed by atoms with E-state index in [2.05, 4.69) is 20.9 Å². The molecule has 0 radical (unpaired) electrons. The molecule has 1 aliphatic heterocycles. The first-order valence-corrected chi connectivity index (χ1v) is 10.5. The molecule has 0 aliphatic carbocycles. The Morgan fingerprint density at radius 2 is 1.88 bits per heavy atom. The van der Waals surface area contributed by atoms with E-state index < -0.39 is 23.5 Å². The van der Waals surface area contributed by atoms with Gasteiger partial charge in [-0.3, -0.25) is 19.5 Å². The first-order chi connectivity index (χ1) is 15.3. The van der Waals surface area contributed by atoms with Gasteiger partial charge in [-0.15, -0.1) is 0 Å². The monoisotopic (exact) mass is 516 g/mol. The third kappa shape index (κ3) is 3.76. The van der Waals surface area contributed by atoms with Gasteiger partial charge in [0.15, 0.2) is 0 Å². The van der Waals surface area contributed by atoms with E-state index in [1.54, 1.807) is 30.3 Å². The lowest BCUT2D eigenvalue weighted by Crippen LogP contribution is -2.29. The number of hydrogen-bond acceptors (Lipinski definition) is 5. The molecule has 0 saturated carbocycles. The Labute approximate surface area is 196 Å². The van der Waals surface area contributed by atoms with Crippen molar-refractivity contribution in [2.24, 2.45) is 0 Å². The number of Topliss-reactive ketones (excluding diaryl/α,β-unsaturated/α-hetero) is 1. The highest BCUT2D eigenvalue weighted by Gasteiger charge is 2.47. The minimum absolute atomic E-state index is 0.112. The van der Waals surface area contributed by atoms with Gasteiger partial charge >= 0.3 is 0 Å². The van der Waals surface area contributed by atoms with Gasteiger partial charge in [0.1, 0.15) is 17.3 Å². The van der Waals surface area contributed by atoms with E-state index in [9.17, 15) is 19.1 Å². The van der Waals surface area contributed by atoms with Gasteiger partial charge in [0, 0.05) is 23.6 Å². The number of pyridine rings is 1. The summed E-state index contributed by atoms with van der Waals surface area (Å²) in [5, 5.41) is 10.9. The SMILES string of the molecule is COc1ccc(/C(O)=C2\C(=O)C(=O)N(c3ccc(F)c(Cl)c3)C2c2ccncc2)cc1Br. The number of amides is 1. The summed E-state index contributed by atoms with van der Waals surface area (Å²) < 4.78 is 19.5. The zero-order valence-electron chi connectivity index (χ0n) is 16.6. The smallest absolute Gasteiger partial charge is 0.300 e. The van der Waals surface area contributed by atoms with Gasteiger partial charge in [-0.1, -0.05) is 11.6 Å². The van der Waals surface area contributed by atoms with E-state index in [0.29, 0.717) is 21.3 Å². The van der Waals surface area contributed by atoms with Gasteiger partial charge in [-0.25, -0.2) is 4.39 Å². The Hall–Kier alpha value is -3.23. The molecule has 9 heteroatoms. The molecule has 6 nitrogen and oxygen atoms in total. The average molecular weight is 518 g/mol. The van der Waals surface area contributed by atoms with Crippen LogP contribution >= 0.6 is 27.5 Å². The molecule has 1 amide bonds. The van der Waals surface area contributed by atoms with Crippen molar-refractivity contribution in [3.05, 3.63) is 92.9 Å². The molecule has 2 aromatic carbocycles. The predicted octanol–water partition coefficient (Wildman–Crippen LogP) is 5.27. The fraction of sp³-hybridized carbons (Fsp3) is 0.0870. The number of nitrogens with zero attached hydrogens (tertiary/aromatic N) is 2. The maximum atomic E-state index is 13.7. The molecule has 1 atom stereocenters. The second-order valence-electron chi connectivity index (χ2n) is 6.90. The van der Waals surface area contributed by atoms with Gasteiger partial charge in [-0.2, -0.15) is 0 Å². The lowest BCUT2D eigenvalue weighted by molar-refractivity contribution is -0.132. The van der Waals surface area contributed by atoms with E-state index in [1.807, 2.05) is 0 Å². The van der Waals surface area contributed by atoms with Crippen molar-refractivity contribution in [1.82, 2.24) is 4.98 Å². The molecule has 32 heavy (non-hydrogen) atoms. The van der Waals surface area contributed by atoms with Crippen LogP contribution in [0.5, 0.6) is 5.75 Å². The van der Waals surface area contributed by atoms with Gasteiger partial charge in [0.2, 0.25) is 0 Å². The summed E-state index contributed by atoms with van der Waals surface area (Å²) in [5.41, 5.74) is 0.953. The van der Waals surface area contributed by atoms with Crippen molar-refractivity contribution in [2.45, 2.75) is 6.04 Å². The van der Waals surface area contributed by atoms with Crippen molar-refractivity contribution in [3.63, 3.8) is 0 Å². The number of methoxy groups -OCH3 is 1. The molecule has 0 bridgehead atoms. The van der Waals surface area contributed by atoms with E-state index >= 15 is 0 Å². The van der Waals surface area contributed by atoms with Crippen LogP contribution in [0.3, 0.4) is 0 Å². The third-order valence-electron chi connectivity index (χ3n) is 5.07. The quantitative estimate of drug-likeness (QED) is 0.290. The molecule has 1 saturated heterocycles. The summed E-state index contributed by atoms with van der Waals surface area (Å²) in [5.74, 6) is -2.23. The van der Waals surface area contributed by atoms with Crippen LogP contribution < -0.4 is 9.64 Å². The number of hydrogen-bond donors (Lipinski definition) is 1. The summed E-state index contributed by atoms with van der Waals surface area (Å²) in [6.45, 7) is 0. The lowest BCUT2D eigenvalue weighted by atomic mass is 9.95. The van der Waals surface area contributed by atoms with E-state index in [1.165, 1.54) is 36.5 Å². The third-order valence-corrected chi connectivity index (χ3v) is 5.98. The fourth-order valence-electron chi connectivity index (χ4n) is 3.56. The molecule has 162 valence electrons. The number of aliphatic hydroxyl groups is 1. The van der Waals surface area contributed by atoms with E-state index in [0.717, 1.165) is 6.07 Å². The second kappa shape index (κ2) is 8.72. The van der Waals surface area contributed by atoms with Crippen LogP contribution in [0, 0.1) is 5.82 Å². The lowest BCUT2D eigenvalue weighted by Gasteiger charge is -2.25. The molecular formula is C23H15BrClFN2O4. The highest BCUT2D eigenvalue weighted by molar-refractivity contribution is 9.10. The Balaban J connectivity index is 1.94. The van der Waals surface area contributed by atoms with Crippen LogP contribution in [0.1, 0.15) is 17.2 Å². The van der Waals surface area contributed by atoms with Crippen LogP contribution in [0.25, 0.3) is 5.76 Å². The Morgan fingerprint density at radius 1 is 1.16 bits per heavy atom. The number of carbonyl (C=O) groups is 2. The van der Waals surface area contributed by atoms with Crippen LogP contribution in [-0.4, -0.2) is 28.9 Å². The summed E-state index contributed by atoms with van der Waals surface area (Å²) in [7, 11) is 1.50. The normalized spacial score (nSPS) is 17.6. The standard InChI is InChI=1S/C23H15BrClFN2O4/c1-32-18-5-2-13(10-15(18)24)21(29)19-20(12-6-8-27-9-7-12)28(23(31)22(19)30)14-3-4-17(26)16(25)11-14/h2-11,20,29H,1H3/b21-19+. The number of aromatic nitrogens is 1. The Bertz CT molecular complexity index is 1270. The first-order valence-electron chi connectivity index (χ1n) is 9.33. The van der Waals surface area contributed by atoms with Crippen molar-refractivity contribution in [1.29, 1.82) is 0 Å². The molecular weight excluding hydrogens is 503 g/mol. The van der Waals surface area contributed by atoms with Gasteiger partial charge < -0.3 is 9.84 Å². The molecule has 4 rings (SSSR count). The molecule has 3 aromatic rings. The van der Waals surface area contributed by atoms with E-state index in [-0.39, 0.29) is 22.0 Å². The van der Waals surface area contributed by atoms with Gasteiger partial charge in [0.05, 0.1) is 28.2 Å². The summed E-state index contributed by atoms with van der Waals surface area (Å²) >= 11 is 9.28. The van der Waals surface area contributed by atoms with Crippen LogP contribution in [0.15, 0.2) is 71.0 Å². The number of ether oxygens (including phenoxy) is 1. The largest absolute Gasteiger partial charge is 0.507 e. The second-order valence-corrected chi connectivity index (χ2v) is 8.16. The van der Waals surface area contributed by atoms with Crippen LogP contribution in [0.4, 0.5) is 10.1 Å². The molecule has 1 aromatic heterocycles. The van der Waals surface area contributed by atoms with Gasteiger partial charge in [-0.05, 0) is 70.0 Å². The van der Waals surface area contributed by atoms with Crippen LogP contribution in [0.2, 0.25) is 5.02 Å². The minimum atomic E-state index is -0.972. The fourth-order valence-corrected chi connectivity index (χ4v) is 4.28. The first kappa shape index (κ1) is 22.0. The topological polar surface area (TPSA) is 79.7 Å². The minimum Gasteiger partial charge on any atom is -0.507 e. The molecule has 1 N–H and O–H groups in total. The zero-order valence-corrected chi connectivity index (χ0v) is 18.9. The van der Waals surface area contributed by atoms with Crippen molar-refractivity contribution < 1.29 is 23.8 Å². The van der Waals surface area contributed by atoms with Crippen molar-refractivity contribution in [2.75, 3.05) is 12.0 Å². The Kier molecular flexibility index (Phi) is 5.99. The highest BCUT2D eigenvalue weighted by Crippen LogP contribution is 2.43. The molecule has 1 unspecified atom stereocenters. The summed E-state index contributed by atoms with van der Waals surface area (Å²) in [6.07, 6.45) is 3.02. The van der Waals surface area contributed by atoms with Crippen molar-refractivity contribution in [3.8, 4) is 5.75 Å².